The van der Waals surface area contributed by atoms with Gasteiger partial charge in [-0.2, -0.15) is 0 Å². The zero-order valence-electron chi connectivity index (χ0n) is 46.0. The number of hydrogen-bond donors (Lipinski definition) is 2. The van der Waals surface area contributed by atoms with Crippen LogP contribution in [0.15, 0.2) is 122 Å². The smallest absolute Gasteiger partial charge is 0.117 e. The van der Waals surface area contributed by atoms with Gasteiger partial charge in [0, 0.05) is 64.5 Å². The normalized spacial score (nSPS) is 19.2. The van der Waals surface area contributed by atoms with Crippen molar-refractivity contribution in [3.05, 3.63) is 143 Å². The average Bonchev–Trinajstić information content (AvgIpc) is 4.37. The molecule has 0 saturated carbocycles. The Balaban J connectivity index is 0.735. The summed E-state index contributed by atoms with van der Waals surface area (Å²) in [5, 5.41) is 14.8. The minimum absolute atomic E-state index is 0.00497. The maximum absolute atomic E-state index is 14.6. The molecule has 0 spiro atoms. The molecule has 6 aromatic rings. The van der Waals surface area contributed by atoms with Crippen LogP contribution in [0.3, 0.4) is 0 Å². The van der Waals surface area contributed by atoms with E-state index in [1.165, 1.54) is 0 Å². The molecule has 3 amide bonds. The summed E-state index contributed by atoms with van der Waals surface area (Å²) in [4.78, 5) is 80.7. The van der Waals surface area contributed by atoms with Crippen molar-refractivity contribution in [3.63, 3.8) is 0 Å². The zero-order chi connectivity index (χ0) is 55.4. The Labute approximate surface area is 479 Å². The van der Waals surface area contributed by atoms with Gasteiger partial charge in [-0.1, -0.05) is 109 Å². The van der Waals surface area contributed by atoms with E-state index in [4.69, 9.17) is 9.97 Å². The Morgan fingerprint density at radius 1 is 0.613 bits per heavy atom. The number of likely N-dealkylation sites (tertiary alicyclic amines) is 2. The van der Waals surface area contributed by atoms with Gasteiger partial charge < -0.3 is 24.5 Å². The molecule has 4 fully saturated rings. The van der Waals surface area contributed by atoms with Crippen molar-refractivity contribution >= 4 is 60.4 Å². The van der Waals surface area contributed by atoms with Crippen molar-refractivity contribution in [2.75, 3.05) is 85.0 Å². The van der Waals surface area contributed by atoms with Crippen molar-refractivity contribution in [1.29, 1.82) is 0 Å². The molecule has 4 aliphatic rings. The van der Waals surface area contributed by atoms with Crippen LogP contribution in [0, 0.1) is 0 Å². The first-order chi connectivity index (χ1) is 39.1. The second-order valence-corrected chi connectivity index (χ2v) is 23.9. The first kappa shape index (κ1) is 57.2. The standard InChI is InChI=1S/C61H73B2N9O6S2/c1-63(78)70-38-36-68(37-39-70)28-8-16-50(73)40-51(46-12-4-2-5-13-46)60(75)71-30-9-17-52(71)58-64-41-54(79-58)47-24-20-44(21-25-47)45-22-26-48(27-23-45)55-42-65-59(80-55)53-18-10-31-72(53)61(76)57(49-14-6-3-7-15-49)66-56(74)19-11-29-67-32-34-69(35-33-67)43-62-77/h2-7,12-15,20-27,41-42,51-53,57,78H,8-11,16-19,28-40,43H2,1H3,(H,66,74)/t51-,52+,53+,57-/m1/s1. The second-order valence-electron chi connectivity index (χ2n) is 21.8. The Hall–Kier alpha value is -6.05. The molecule has 80 heavy (non-hydrogen) atoms. The number of Topliss-reactive ketones (excluding diaryl/α,β-unsaturated/α-hetero) is 1. The van der Waals surface area contributed by atoms with E-state index in [0.29, 0.717) is 38.8 Å². The number of aromatic nitrogens is 2. The van der Waals surface area contributed by atoms with Gasteiger partial charge in [0.05, 0.1) is 27.8 Å². The van der Waals surface area contributed by atoms with Crippen molar-refractivity contribution in [2.45, 2.75) is 88.7 Å². The first-order valence-electron chi connectivity index (χ1n) is 28.8. The van der Waals surface area contributed by atoms with E-state index in [2.05, 4.69) is 73.4 Å². The fraction of sp³-hybridized carbons (Fsp3) is 0.443. The van der Waals surface area contributed by atoms with Crippen molar-refractivity contribution in [2.24, 2.45) is 0 Å². The van der Waals surface area contributed by atoms with Crippen LogP contribution in [0.2, 0.25) is 6.82 Å². The Morgan fingerprint density at radius 3 is 1.61 bits per heavy atom. The monoisotopic (exact) mass is 1110 g/mol. The van der Waals surface area contributed by atoms with Gasteiger partial charge >= 0.3 is 114 Å². The molecule has 0 bridgehead atoms. The van der Waals surface area contributed by atoms with Gasteiger partial charge in [0.25, 0.3) is 0 Å². The van der Waals surface area contributed by atoms with Crippen LogP contribution in [0.25, 0.3) is 32.0 Å². The number of hydrogen-bond acceptors (Lipinski definition) is 14. The average molecular weight is 1110 g/mol. The predicted molar refractivity (Wildman–Crippen MR) is 317 cm³/mol. The number of nitrogens with one attached hydrogen (secondary N) is 1. The molecule has 0 radical (unpaired) electrons. The number of rotatable bonds is 23. The van der Waals surface area contributed by atoms with Crippen LogP contribution in [0.1, 0.15) is 103 Å². The number of amides is 3. The topological polar surface area (TPSA) is 163 Å². The molecule has 4 aliphatic heterocycles. The van der Waals surface area contributed by atoms with Crippen molar-refractivity contribution in [1.82, 2.24) is 44.6 Å². The number of carbonyl (C=O) groups is 4. The summed E-state index contributed by atoms with van der Waals surface area (Å²) >= 11 is 3.24. The summed E-state index contributed by atoms with van der Waals surface area (Å²) in [7, 11) is 0.510. The van der Waals surface area contributed by atoms with Crippen LogP contribution in [0.4, 0.5) is 0 Å². The number of nitrogens with zero attached hydrogens (tertiary/aromatic N) is 8. The summed E-state index contributed by atoms with van der Waals surface area (Å²) < 4.78 is 10.9. The van der Waals surface area contributed by atoms with Crippen LogP contribution < -0.4 is 5.32 Å². The Kier molecular flexibility index (Phi) is 19.7. The number of benzene rings is 4. The van der Waals surface area contributed by atoms with Gasteiger partial charge in [0.15, 0.2) is 0 Å². The van der Waals surface area contributed by atoms with Gasteiger partial charge in [0.1, 0.15) is 15.8 Å². The molecule has 2 N–H and O–H groups in total. The summed E-state index contributed by atoms with van der Waals surface area (Å²) in [6.45, 7) is 11.5. The van der Waals surface area contributed by atoms with Gasteiger partial charge in [-0.3, -0.25) is 14.4 Å². The summed E-state index contributed by atoms with van der Waals surface area (Å²) in [6.07, 6.45) is 10.0. The van der Waals surface area contributed by atoms with E-state index in [9.17, 15) is 28.9 Å². The van der Waals surface area contributed by atoms with Crippen LogP contribution in [-0.4, -0.2) is 167 Å². The molecule has 2 aromatic heterocycles. The Bertz CT molecular complexity index is 3010. The van der Waals surface area contributed by atoms with E-state index in [-0.39, 0.29) is 42.0 Å². The molecule has 19 heteroatoms. The van der Waals surface area contributed by atoms with Crippen molar-refractivity contribution in [3.8, 4) is 32.0 Å². The fourth-order valence-corrected chi connectivity index (χ4v) is 14.0. The molecule has 10 rings (SSSR count). The van der Waals surface area contributed by atoms with E-state index < -0.39 is 19.0 Å². The molecular formula is C61H73B2N9O6S2. The Morgan fingerprint density at radius 2 is 1.09 bits per heavy atom. The molecule has 0 aliphatic carbocycles. The van der Waals surface area contributed by atoms with E-state index >= 15 is 0 Å². The summed E-state index contributed by atoms with van der Waals surface area (Å²) in [5.74, 6) is -0.696. The quantitative estimate of drug-likeness (QED) is 0.0590. The summed E-state index contributed by atoms with van der Waals surface area (Å²) in [6, 6.07) is 35.2. The molecular weight excluding hydrogens is 1040 g/mol. The number of ketones is 1. The third-order valence-corrected chi connectivity index (χ3v) is 18.8. The third kappa shape index (κ3) is 14.3. The zero-order valence-corrected chi connectivity index (χ0v) is 47.6. The number of carbonyl (C=O) groups excluding carboxylic acids is 4. The van der Waals surface area contributed by atoms with Gasteiger partial charge in [-0.25, -0.2) is 9.97 Å². The van der Waals surface area contributed by atoms with Crippen LogP contribution in [-0.2, 0) is 23.9 Å². The molecule has 0 unspecified atom stereocenters. The van der Waals surface area contributed by atoms with E-state index in [1.807, 2.05) is 82.9 Å². The van der Waals surface area contributed by atoms with E-state index in [0.717, 1.165) is 158 Å². The molecule has 416 valence electrons. The van der Waals surface area contributed by atoms with Gasteiger partial charge in [-0.15, -0.1) is 22.7 Å². The predicted octanol–water partition coefficient (Wildman–Crippen LogP) is 8.44. The fourth-order valence-electron chi connectivity index (χ4n) is 11.9. The second kappa shape index (κ2) is 27.6. The molecule has 4 atom stereocenters. The van der Waals surface area contributed by atoms with Crippen LogP contribution >= 0.6 is 22.7 Å². The van der Waals surface area contributed by atoms with E-state index in [1.54, 1.807) is 29.5 Å². The maximum atomic E-state index is 14.6. The molecule has 4 aromatic carbocycles. The minimum Gasteiger partial charge on any atom is -0.117 e. The molecule has 4 saturated heterocycles. The first-order valence-corrected chi connectivity index (χ1v) is 30.4. The SMILES string of the molecule is CB(O)N1CCN(CCCC(=O)C[C@@H](C(=O)N2CCC[C@H]2c2ncc(-c3ccc(-c4ccc(-c5cnc([C@@H]6CCCN6C(=O)[C@H](NC(=O)CCCN6CCN(CB=O)CC6)c6ccccc6)s5)cc4)cc3)s2)c2ccccc2)CC1. The molecule has 6 heterocycles. The van der Waals surface area contributed by atoms with Gasteiger partial charge in [0.2, 0.25) is 5.91 Å². The van der Waals surface area contributed by atoms with Crippen molar-refractivity contribution < 1.29 is 28.9 Å². The number of thiazole rings is 2. The number of piperazine rings is 2. The van der Waals surface area contributed by atoms with Crippen LogP contribution in [0.5, 0.6) is 0 Å². The minimum atomic E-state index is -0.794. The third-order valence-electron chi connectivity index (χ3n) is 16.5. The molecule has 15 nitrogen and oxygen atoms in total. The van der Waals surface area contributed by atoms with Gasteiger partial charge in [-0.05, 0) is 73.3 Å². The summed E-state index contributed by atoms with van der Waals surface area (Å²) in [5.41, 5.74) is 5.92.